The Morgan fingerprint density at radius 1 is 1.07 bits per heavy atom. The lowest BCUT2D eigenvalue weighted by molar-refractivity contribution is -0.126. The molecule has 41 heavy (non-hydrogen) atoms. The molecule has 1 fully saturated rings. The van der Waals surface area contributed by atoms with Crippen molar-refractivity contribution in [1.82, 2.24) is 0 Å². The lowest BCUT2D eigenvalue weighted by Gasteiger charge is -2.50. The van der Waals surface area contributed by atoms with Gasteiger partial charge >= 0.3 is 0 Å². The van der Waals surface area contributed by atoms with Crippen LogP contribution in [0.2, 0.25) is 0 Å². The first-order valence-corrected chi connectivity index (χ1v) is 17.2. The number of ketones is 1. The van der Waals surface area contributed by atoms with E-state index in [1.807, 2.05) is 60.8 Å². The molecule has 1 saturated heterocycles. The summed E-state index contributed by atoms with van der Waals surface area (Å²) in [7, 11) is 0. The molecule has 0 radical (unpaired) electrons. The van der Waals surface area contributed by atoms with E-state index in [1.54, 1.807) is 6.08 Å². The Hall–Kier alpha value is -1.73. The van der Waals surface area contributed by atoms with Gasteiger partial charge in [0.1, 0.15) is 18.1 Å². The van der Waals surface area contributed by atoms with Crippen LogP contribution in [-0.2, 0) is 17.8 Å². The van der Waals surface area contributed by atoms with Crippen LogP contribution in [0.15, 0.2) is 67.3 Å². The fraction of sp³-hybridized carbons (Fsp3) is 0.571. The fourth-order valence-corrected chi connectivity index (χ4v) is 9.26. The zero-order valence-electron chi connectivity index (χ0n) is 25.2. The predicted molar refractivity (Wildman–Crippen MR) is 176 cm³/mol. The summed E-state index contributed by atoms with van der Waals surface area (Å²) in [5.41, 5.74) is 2.27. The molecular formula is C35H50O4S2. The highest BCUT2D eigenvalue weighted by atomic mass is 32.2. The fourth-order valence-electron chi connectivity index (χ4n) is 5.44. The molecule has 0 bridgehead atoms. The van der Waals surface area contributed by atoms with E-state index in [4.69, 9.17) is 4.74 Å². The molecule has 2 N–H and O–H groups in total. The largest absolute Gasteiger partial charge is 0.489 e. The second-order valence-corrected chi connectivity index (χ2v) is 15.1. The van der Waals surface area contributed by atoms with E-state index in [0.29, 0.717) is 32.3 Å². The van der Waals surface area contributed by atoms with E-state index in [-0.39, 0.29) is 27.3 Å². The number of carbonyl (C=O) groups excluding carboxylic acids is 1. The third-order valence-corrected chi connectivity index (χ3v) is 12.4. The van der Waals surface area contributed by atoms with Gasteiger partial charge in [-0.3, -0.25) is 4.79 Å². The highest BCUT2D eigenvalue weighted by Gasteiger charge is 2.49. The zero-order chi connectivity index (χ0) is 29.7. The number of carbonyl (C=O) groups is 1. The number of ether oxygens (including phenoxy) is 1. The molecule has 0 saturated carbocycles. The summed E-state index contributed by atoms with van der Waals surface area (Å²) in [5, 5.41) is 21.6. The molecule has 2 aromatic carbocycles. The maximum atomic E-state index is 13.1. The zero-order valence-corrected chi connectivity index (χ0v) is 26.9. The Morgan fingerprint density at radius 3 is 2.49 bits per heavy atom. The number of aliphatic hydroxyl groups excluding tert-OH is 2. The van der Waals surface area contributed by atoms with Crippen LogP contribution in [0.4, 0.5) is 0 Å². The molecule has 226 valence electrons. The minimum Gasteiger partial charge on any atom is -0.489 e. The Kier molecular flexibility index (Phi) is 13.8. The average molecular weight is 599 g/mol. The summed E-state index contributed by atoms with van der Waals surface area (Å²) in [6.45, 7) is 10.7. The molecule has 1 aliphatic heterocycles. The molecule has 0 aromatic heterocycles. The number of thioether (sulfide) groups is 2. The lowest BCUT2D eigenvalue weighted by Crippen LogP contribution is -2.46. The highest BCUT2D eigenvalue weighted by Crippen LogP contribution is 2.58. The number of aliphatic hydroxyl groups is 2. The molecule has 6 heteroatoms. The smallest absolute Gasteiger partial charge is 0.138 e. The van der Waals surface area contributed by atoms with Crippen molar-refractivity contribution in [3.05, 3.63) is 78.4 Å². The van der Waals surface area contributed by atoms with Gasteiger partial charge < -0.3 is 14.9 Å². The second-order valence-electron chi connectivity index (χ2n) is 12.1. The van der Waals surface area contributed by atoms with E-state index in [1.165, 1.54) is 12.0 Å². The van der Waals surface area contributed by atoms with Gasteiger partial charge in [0.05, 0.1) is 16.3 Å². The summed E-state index contributed by atoms with van der Waals surface area (Å²) in [6, 6.07) is 18.4. The minimum absolute atomic E-state index is 0.0893. The normalized spacial score (nSPS) is 17.4. The first-order valence-electron chi connectivity index (χ1n) is 15.2. The summed E-state index contributed by atoms with van der Waals surface area (Å²) in [6.07, 6.45) is 7.80. The summed E-state index contributed by atoms with van der Waals surface area (Å²) >= 11 is 3.88. The molecule has 0 aliphatic carbocycles. The highest BCUT2D eigenvalue weighted by molar-refractivity contribution is 8.18. The lowest BCUT2D eigenvalue weighted by atomic mass is 9.78. The summed E-state index contributed by atoms with van der Waals surface area (Å²) in [5.74, 6) is 2.77. The van der Waals surface area contributed by atoms with Crippen LogP contribution in [0.5, 0.6) is 5.75 Å². The molecule has 1 heterocycles. The standard InChI is InChI=1S/C35H50O4S2/c1-5-13-30(36)20-21-34(3,4)35(40-22-12-23-41-35)25-33(38)27(2)32(37)19-10-9-14-28-17-11-18-31(24-28)39-26-29-15-7-6-8-16-29/h5-8,11,15-18,24,27,30,33,36,38H,1,9-10,12-14,19-23,25-26H2,2-4H3/t27-,30+,33+/m1/s1. The predicted octanol–water partition coefficient (Wildman–Crippen LogP) is 8.24. The Balaban J connectivity index is 1.47. The van der Waals surface area contributed by atoms with Crippen LogP contribution >= 0.6 is 23.5 Å². The monoisotopic (exact) mass is 598 g/mol. The van der Waals surface area contributed by atoms with Crippen molar-refractivity contribution in [3.63, 3.8) is 0 Å². The Bertz CT molecular complexity index is 1060. The van der Waals surface area contributed by atoms with Crippen molar-refractivity contribution in [1.29, 1.82) is 0 Å². The van der Waals surface area contributed by atoms with Gasteiger partial charge in [-0.1, -0.05) is 69.3 Å². The van der Waals surface area contributed by atoms with Crippen LogP contribution in [-0.4, -0.2) is 43.8 Å². The summed E-state index contributed by atoms with van der Waals surface area (Å²) in [4.78, 5) is 13.1. The van der Waals surface area contributed by atoms with Gasteiger partial charge in [0.15, 0.2) is 0 Å². The maximum absolute atomic E-state index is 13.1. The van der Waals surface area contributed by atoms with E-state index in [0.717, 1.165) is 48.5 Å². The van der Waals surface area contributed by atoms with Crippen molar-refractivity contribution >= 4 is 29.3 Å². The molecular weight excluding hydrogens is 549 g/mol. The van der Waals surface area contributed by atoms with E-state index < -0.39 is 6.10 Å². The number of unbranched alkanes of at least 4 members (excludes halogenated alkanes) is 1. The van der Waals surface area contributed by atoms with Gasteiger partial charge in [0, 0.05) is 12.3 Å². The maximum Gasteiger partial charge on any atom is 0.138 e. The average Bonchev–Trinajstić information content (AvgIpc) is 2.98. The molecule has 4 nitrogen and oxygen atoms in total. The summed E-state index contributed by atoms with van der Waals surface area (Å²) < 4.78 is 5.80. The van der Waals surface area contributed by atoms with E-state index >= 15 is 0 Å². The van der Waals surface area contributed by atoms with Gasteiger partial charge in [-0.05, 0) is 91.5 Å². The minimum atomic E-state index is -0.670. The van der Waals surface area contributed by atoms with Gasteiger partial charge in [0.25, 0.3) is 0 Å². The van der Waals surface area contributed by atoms with Gasteiger partial charge in [-0.25, -0.2) is 0 Å². The molecule has 3 atom stereocenters. The molecule has 3 rings (SSSR count). The molecule has 2 aromatic rings. The van der Waals surface area contributed by atoms with Crippen molar-refractivity contribution in [2.75, 3.05) is 11.5 Å². The van der Waals surface area contributed by atoms with Crippen molar-refractivity contribution in [3.8, 4) is 5.75 Å². The van der Waals surface area contributed by atoms with E-state index in [2.05, 4.69) is 44.7 Å². The van der Waals surface area contributed by atoms with Crippen LogP contribution in [0.3, 0.4) is 0 Å². The van der Waals surface area contributed by atoms with Gasteiger partial charge in [-0.2, -0.15) is 0 Å². The quantitative estimate of drug-likeness (QED) is 0.133. The van der Waals surface area contributed by atoms with Crippen LogP contribution in [0.25, 0.3) is 0 Å². The topological polar surface area (TPSA) is 66.8 Å². The van der Waals surface area contributed by atoms with Crippen molar-refractivity contribution in [2.45, 2.75) is 101 Å². The molecule has 0 amide bonds. The van der Waals surface area contributed by atoms with E-state index in [9.17, 15) is 15.0 Å². The first kappa shape index (κ1) is 33.8. The second kappa shape index (κ2) is 16.8. The van der Waals surface area contributed by atoms with Gasteiger partial charge in [-0.15, -0.1) is 30.1 Å². The Labute approximate surface area is 256 Å². The van der Waals surface area contributed by atoms with Crippen molar-refractivity contribution < 1.29 is 19.7 Å². The van der Waals surface area contributed by atoms with Crippen molar-refractivity contribution in [2.24, 2.45) is 11.3 Å². The first-order chi connectivity index (χ1) is 19.7. The van der Waals surface area contributed by atoms with Crippen LogP contribution in [0.1, 0.15) is 83.3 Å². The molecule has 1 aliphatic rings. The Morgan fingerprint density at radius 2 is 1.78 bits per heavy atom. The van der Waals surface area contributed by atoms with Gasteiger partial charge in [0.2, 0.25) is 0 Å². The number of aryl methyl sites for hydroxylation is 1. The number of rotatable bonds is 18. The number of Topliss-reactive ketones (excluding diaryl/α,β-unsaturated/α-hetero) is 1. The molecule has 0 spiro atoms. The number of hydrogen-bond donors (Lipinski definition) is 2. The van der Waals surface area contributed by atoms with Crippen LogP contribution < -0.4 is 4.74 Å². The SMILES string of the molecule is C=CC[C@H](O)CCC(C)(C)C1(C[C@H](O)[C@H](C)C(=O)CCCCc2cccc(OCc3ccccc3)c2)SCCCS1. The number of benzene rings is 2. The van der Waals surface area contributed by atoms with Crippen LogP contribution in [0, 0.1) is 11.3 Å². The number of hydrogen-bond acceptors (Lipinski definition) is 6. The third-order valence-electron chi connectivity index (χ3n) is 8.38. The third kappa shape index (κ3) is 10.5. The molecule has 0 unspecified atom stereocenters.